The van der Waals surface area contributed by atoms with E-state index in [1.165, 1.54) is 31.5 Å². The summed E-state index contributed by atoms with van der Waals surface area (Å²) in [6, 6.07) is 4.48. The molecular weight excluding hydrogens is 737 g/mol. The fourth-order valence-electron chi connectivity index (χ4n) is 6.49. The third kappa shape index (κ3) is 9.26. The first-order valence-electron chi connectivity index (χ1n) is 17.0. The number of benzene rings is 1. The lowest BCUT2D eigenvalue weighted by Crippen LogP contribution is -2.52. The first-order valence-corrected chi connectivity index (χ1v) is 17.4. The molecule has 0 atom stereocenters. The lowest BCUT2D eigenvalue weighted by Gasteiger charge is -2.37. The SMILES string of the molecule is COCCc1n[nH]c(C)c1-c1n[nH]c(C(F)(F)F)c1Cc1cnc(C(=O)Nc2ccc(C(=O)N3CCN(C(=O)C4CCNCC4)CC3)c(Cl)c2)[nH]1.O=CO. The summed E-state index contributed by atoms with van der Waals surface area (Å²) in [5.41, 5.74) is 1.19. The average Bonchev–Trinajstić information content (AvgIpc) is 3.89. The molecule has 2 aliphatic rings. The van der Waals surface area contributed by atoms with Crippen molar-refractivity contribution in [2.24, 2.45) is 5.92 Å². The molecule has 16 nitrogen and oxygen atoms in total. The number of alkyl halides is 3. The zero-order valence-electron chi connectivity index (χ0n) is 29.5. The molecule has 4 aromatic rings. The van der Waals surface area contributed by atoms with Crippen LogP contribution >= 0.6 is 11.6 Å². The summed E-state index contributed by atoms with van der Waals surface area (Å²) in [6.45, 7) is 5.07. The number of halogens is 4. The highest BCUT2D eigenvalue weighted by molar-refractivity contribution is 6.34. The highest BCUT2D eigenvalue weighted by atomic mass is 35.5. The number of carbonyl (C=O) groups excluding carboxylic acids is 3. The number of piperazine rings is 1. The molecule has 6 rings (SSSR count). The number of H-pyrrole nitrogens is 3. The zero-order valence-corrected chi connectivity index (χ0v) is 30.2. The van der Waals surface area contributed by atoms with Crippen molar-refractivity contribution in [1.29, 1.82) is 0 Å². The van der Waals surface area contributed by atoms with E-state index in [0.29, 0.717) is 56.2 Å². The summed E-state index contributed by atoms with van der Waals surface area (Å²) in [5, 5.41) is 26.1. The Labute approximate surface area is 312 Å². The number of piperidine rings is 1. The van der Waals surface area contributed by atoms with E-state index >= 15 is 0 Å². The van der Waals surface area contributed by atoms with Gasteiger partial charge >= 0.3 is 6.18 Å². The Morgan fingerprint density at radius 3 is 2.43 bits per heavy atom. The highest BCUT2D eigenvalue weighted by Crippen LogP contribution is 2.38. The number of hydrogen-bond acceptors (Lipinski definition) is 9. The van der Waals surface area contributed by atoms with E-state index in [4.69, 9.17) is 26.2 Å². The maximum absolute atomic E-state index is 14.1. The zero-order chi connectivity index (χ0) is 39.0. The van der Waals surface area contributed by atoms with Gasteiger partial charge in [0, 0.05) is 86.4 Å². The number of nitrogens with zero attached hydrogens (tertiary/aromatic N) is 5. The van der Waals surface area contributed by atoms with Gasteiger partial charge in [-0.2, -0.15) is 23.4 Å². The van der Waals surface area contributed by atoms with Gasteiger partial charge < -0.3 is 35.3 Å². The van der Waals surface area contributed by atoms with Gasteiger partial charge in [0.2, 0.25) is 5.91 Å². The Kier molecular flexibility index (Phi) is 13.1. The second kappa shape index (κ2) is 17.7. The Morgan fingerprint density at radius 2 is 1.78 bits per heavy atom. The van der Waals surface area contributed by atoms with Crippen molar-refractivity contribution in [2.75, 3.05) is 58.3 Å². The number of rotatable bonds is 10. The standard InChI is InChI=1S/C33H38ClF3N10O4.CH2O2/c1-18-26(25(43-42-18)7-14-51-2)27-23(28(45-44-27)33(35,36)37)15-21-17-39-29(40-21)30(48)41-20-3-4-22(24(34)16-20)32(50)47-12-10-46(11-13-47)31(49)19-5-8-38-9-6-19;2-1-3/h3-4,16-17,19,38H,5-15H2,1-2H3,(H,39,40)(H,41,48)(H,42,43)(H,44,45);1H,(H,2,3). The van der Waals surface area contributed by atoms with Crippen LogP contribution in [0.15, 0.2) is 24.4 Å². The molecule has 2 fully saturated rings. The van der Waals surface area contributed by atoms with E-state index < -0.39 is 17.8 Å². The van der Waals surface area contributed by atoms with Crippen LogP contribution in [0.3, 0.4) is 0 Å². The second-order valence-corrected chi connectivity index (χ2v) is 13.1. The van der Waals surface area contributed by atoms with Crippen molar-refractivity contribution >= 4 is 41.5 Å². The van der Waals surface area contributed by atoms with Crippen LogP contribution in [0, 0.1) is 12.8 Å². The lowest BCUT2D eigenvalue weighted by atomic mass is 9.96. The van der Waals surface area contributed by atoms with Crippen molar-refractivity contribution < 1.29 is 42.2 Å². The number of anilines is 1. The normalized spacial score (nSPS) is 15.1. The molecule has 3 aromatic heterocycles. The quantitative estimate of drug-likeness (QED) is 0.129. The Hall–Kier alpha value is -5.27. The minimum absolute atomic E-state index is 0.0156. The van der Waals surface area contributed by atoms with Crippen LogP contribution in [-0.2, 0) is 33.3 Å². The van der Waals surface area contributed by atoms with Crippen LogP contribution in [0.25, 0.3) is 11.3 Å². The minimum Gasteiger partial charge on any atom is -0.483 e. The number of methoxy groups -OCH3 is 1. The van der Waals surface area contributed by atoms with Gasteiger partial charge in [-0.15, -0.1) is 0 Å². The number of imidazole rings is 1. The monoisotopic (exact) mass is 776 g/mol. The van der Waals surface area contributed by atoms with Crippen LogP contribution in [0.4, 0.5) is 18.9 Å². The smallest absolute Gasteiger partial charge is 0.433 e. The van der Waals surface area contributed by atoms with Gasteiger partial charge in [-0.3, -0.25) is 29.4 Å². The molecule has 0 aliphatic carbocycles. The molecule has 0 saturated carbocycles. The second-order valence-electron chi connectivity index (χ2n) is 12.7. The number of ether oxygens (including phenoxy) is 1. The molecule has 0 unspecified atom stereocenters. The van der Waals surface area contributed by atoms with Crippen LogP contribution < -0.4 is 10.6 Å². The Balaban J connectivity index is 0.00000181. The molecule has 0 spiro atoms. The van der Waals surface area contributed by atoms with E-state index in [0.717, 1.165) is 25.9 Å². The summed E-state index contributed by atoms with van der Waals surface area (Å²) in [4.78, 5) is 58.0. The van der Waals surface area contributed by atoms with Gasteiger partial charge in [0.05, 0.1) is 28.6 Å². The lowest BCUT2D eigenvalue weighted by molar-refractivity contribution is -0.141. The van der Waals surface area contributed by atoms with Crippen molar-refractivity contribution in [3.05, 3.63) is 69.1 Å². The first kappa shape index (κ1) is 39.9. The Bertz CT molecular complexity index is 1950. The maximum atomic E-state index is 14.1. The number of hydrogen-bond donors (Lipinski definition) is 6. The molecule has 290 valence electrons. The van der Waals surface area contributed by atoms with E-state index in [-0.39, 0.29) is 69.7 Å². The number of aromatic amines is 3. The largest absolute Gasteiger partial charge is 0.483 e. The number of aryl methyl sites for hydroxylation is 1. The average molecular weight is 777 g/mol. The highest BCUT2D eigenvalue weighted by Gasteiger charge is 2.38. The fraction of sp³-hybridized carbons (Fsp3) is 0.441. The summed E-state index contributed by atoms with van der Waals surface area (Å²) in [7, 11) is 1.52. The molecule has 3 amide bonds. The fourth-order valence-corrected chi connectivity index (χ4v) is 6.75. The third-order valence-corrected chi connectivity index (χ3v) is 9.50. The Morgan fingerprint density at radius 1 is 1.09 bits per heavy atom. The molecule has 20 heteroatoms. The molecule has 5 heterocycles. The summed E-state index contributed by atoms with van der Waals surface area (Å²) in [5.74, 6) is -0.934. The van der Waals surface area contributed by atoms with Gasteiger partial charge in [0.15, 0.2) is 5.82 Å². The van der Waals surface area contributed by atoms with Crippen molar-refractivity contribution in [3.8, 4) is 11.3 Å². The minimum atomic E-state index is -4.72. The van der Waals surface area contributed by atoms with Crippen molar-refractivity contribution in [3.63, 3.8) is 0 Å². The van der Waals surface area contributed by atoms with Gasteiger partial charge in [-0.1, -0.05) is 11.6 Å². The van der Waals surface area contributed by atoms with Gasteiger partial charge in [-0.25, -0.2) is 4.98 Å². The summed E-state index contributed by atoms with van der Waals surface area (Å²) < 4.78 is 47.3. The predicted octanol–water partition coefficient (Wildman–Crippen LogP) is 3.52. The van der Waals surface area contributed by atoms with Gasteiger partial charge in [0.1, 0.15) is 5.69 Å². The summed E-state index contributed by atoms with van der Waals surface area (Å²) >= 11 is 6.49. The molecule has 54 heavy (non-hydrogen) atoms. The molecular formula is C34H40ClF3N10O6. The molecule has 0 bridgehead atoms. The summed E-state index contributed by atoms with van der Waals surface area (Å²) in [6.07, 6.45) is -1.72. The molecule has 2 aliphatic heterocycles. The van der Waals surface area contributed by atoms with Crippen LogP contribution in [0.2, 0.25) is 5.02 Å². The van der Waals surface area contributed by atoms with Gasteiger partial charge in [0.25, 0.3) is 18.3 Å². The first-order chi connectivity index (χ1) is 25.9. The number of carbonyl (C=O) groups is 4. The number of carboxylic acid groups (broad SMARTS) is 1. The third-order valence-electron chi connectivity index (χ3n) is 9.19. The number of nitrogens with one attached hydrogen (secondary N) is 5. The molecule has 6 N–H and O–H groups in total. The number of aromatic nitrogens is 6. The van der Waals surface area contributed by atoms with E-state index in [1.807, 2.05) is 4.90 Å². The van der Waals surface area contributed by atoms with Crippen LogP contribution in [0.1, 0.15) is 62.2 Å². The maximum Gasteiger partial charge on any atom is 0.433 e. The molecule has 2 saturated heterocycles. The van der Waals surface area contributed by atoms with Crippen LogP contribution in [-0.4, -0.2) is 122 Å². The van der Waals surface area contributed by atoms with E-state index in [1.54, 1.807) is 11.8 Å². The van der Waals surface area contributed by atoms with Gasteiger partial charge in [-0.05, 0) is 51.1 Å². The molecule has 0 radical (unpaired) electrons. The van der Waals surface area contributed by atoms with E-state index in [9.17, 15) is 27.6 Å². The van der Waals surface area contributed by atoms with Crippen LogP contribution in [0.5, 0.6) is 0 Å². The van der Waals surface area contributed by atoms with E-state index in [2.05, 4.69) is 41.0 Å². The van der Waals surface area contributed by atoms with Crippen molar-refractivity contribution in [1.82, 2.24) is 45.5 Å². The predicted molar refractivity (Wildman–Crippen MR) is 189 cm³/mol. The van der Waals surface area contributed by atoms with Crippen molar-refractivity contribution in [2.45, 2.75) is 38.8 Å². The number of amides is 3. The molecule has 1 aromatic carbocycles. The topological polar surface area (TPSA) is 214 Å².